The lowest BCUT2D eigenvalue weighted by atomic mass is 9.73. The van der Waals surface area contributed by atoms with Gasteiger partial charge in [0.25, 0.3) is 0 Å². The number of hydrogen-bond donors (Lipinski definition) is 0. The molecule has 3 nitrogen and oxygen atoms in total. The molecule has 0 aromatic carbocycles. The Morgan fingerprint density at radius 3 is 1.81 bits per heavy atom. The van der Waals surface area contributed by atoms with Crippen LogP contribution in [0.1, 0.15) is 124 Å². The molecule has 0 atom stereocenters. The molecule has 158 valence electrons. The monoisotopic (exact) mass is 379 g/mol. The average molecular weight is 380 g/mol. The molecule has 0 amide bonds. The standard InChI is InChI=1S/C24H45NO2/c1-4-7-9-11-13-15-19-24(23(26)27-6-3,22-18-17-21-25-22)20-16-14-12-10-8-5-2/h4-21H2,1-3H3. The van der Waals surface area contributed by atoms with Crippen LogP contribution in [-0.2, 0) is 9.53 Å². The van der Waals surface area contributed by atoms with E-state index in [2.05, 4.69) is 13.8 Å². The Kier molecular flexibility index (Phi) is 13.5. The van der Waals surface area contributed by atoms with Crippen LogP contribution in [0.2, 0.25) is 0 Å². The van der Waals surface area contributed by atoms with Crippen molar-refractivity contribution in [3.63, 3.8) is 0 Å². The van der Waals surface area contributed by atoms with Gasteiger partial charge in [0.15, 0.2) is 0 Å². The summed E-state index contributed by atoms with van der Waals surface area (Å²) < 4.78 is 5.59. The highest BCUT2D eigenvalue weighted by molar-refractivity contribution is 6.07. The Morgan fingerprint density at radius 1 is 0.852 bits per heavy atom. The number of hydrogen-bond acceptors (Lipinski definition) is 3. The zero-order chi connectivity index (χ0) is 19.8. The second kappa shape index (κ2) is 15.1. The minimum atomic E-state index is -0.429. The predicted molar refractivity (Wildman–Crippen MR) is 117 cm³/mol. The Labute approximate surface area is 168 Å². The minimum absolute atomic E-state index is 0.00719. The van der Waals surface area contributed by atoms with Gasteiger partial charge in [0.2, 0.25) is 0 Å². The molecule has 0 fully saturated rings. The van der Waals surface area contributed by atoms with Crippen molar-refractivity contribution < 1.29 is 9.53 Å². The van der Waals surface area contributed by atoms with Crippen LogP contribution in [0.5, 0.6) is 0 Å². The first kappa shape index (κ1) is 24.2. The molecule has 0 bridgehead atoms. The number of aliphatic imine (C=N–C) groups is 1. The van der Waals surface area contributed by atoms with E-state index in [9.17, 15) is 4.79 Å². The Balaban J connectivity index is 2.68. The molecule has 0 spiro atoms. The van der Waals surface area contributed by atoms with E-state index >= 15 is 0 Å². The number of esters is 1. The van der Waals surface area contributed by atoms with Crippen LogP contribution in [0.4, 0.5) is 0 Å². The Bertz CT molecular complexity index is 401. The molecule has 1 rings (SSSR count). The summed E-state index contributed by atoms with van der Waals surface area (Å²) in [6, 6.07) is 0. The number of carbonyl (C=O) groups is 1. The average Bonchev–Trinajstić information content (AvgIpc) is 3.21. The maximum absolute atomic E-state index is 13.1. The summed E-state index contributed by atoms with van der Waals surface area (Å²) in [5.41, 5.74) is 0.727. The first-order chi connectivity index (χ1) is 13.2. The van der Waals surface area contributed by atoms with Gasteiger partial charge < -0.3 is 4.74 Å². The number of rotatable bonds is 17. The molecule has 0 radical (unpaired) electrons. The molecule has 0 aliphatic carbocycles. The lowest BCUT2D eigenvalue weighted by Crippen LogP contribution is -2.40. The molecule has 0 saturated heterocycles. The first-order valence-corrected chi connectivity index (χ1v) is 11.9. The summed E-state index contributed by atoms with van der Waals surface area (Å²) >= 11 is 0. The maximum atomic E-state index is 13.1. The lowest BCUT2D eigenvalue weighted by molar-refractivity contribution is -0.152. The highest BCUT2D eigenvalue weighted by Crippen LogP contribution is 2.38. The van der Waals surface area contributed by atoms with Crippen LogP contribution in [0.3, 0.4) is 0 Å². The second-order valence-electron chi connectivity index (χ2n) is 8.27. The zero-order valence-corrected chi connectivity index (χ0v) is 18.5. The Hall–Kier alpha value is -0.860. The van der Waals surface area contributed by atoms with E-state index in [4.69, 9.17) is 9.73 Å². The summed E-state index contributed by atoms with van der Waals surface area (Å²) in [7, 11) is 0. The van der Waals surface area contributed by atoms with Crippen molar-refractivity contribution in [3.05, 3.63) is 0 Å². The van der Waals surface area contributed by atoms with Gasteiger partial charge in [-0.25, -0.2) is 0 Å². The molecule has 0 aromatic heterocycles. The molecule has 1 aliphatic heterocycles. The van der Waals surface area contributed by atoms with E-state index in [1.54, 1.807) is 0 Å². The number of carbonyl (C=O) groups excluding carboxylic acids is 1. The summed E-state index contributed by atoms with van der Waals surface area (Å²) in [6.45, 7) is 7.80. The third kappa shape index (κ3) is 8.79. The van der Waals surface area contributed by atoms with Gasteiger partial charge in [-0.1, -0.05) is 90.9 Å². The van der Waals surface area contributed by atoms with Crippen LogP contribution in [0, 0.1) is 5.41 Å². The van der Waals surface area contributed by atoms with Crippen LogP contribution >= 0.6 is 0 Å². The van der Waals surface area contributed by atoms with E-state index in [0.29, 0.717) is 6.61 Å². The normalized spacial score (nSPS) is 14.4. The van der Waals surface area contributed by atoms with E-state index in [0.717, 1.165) is 50.8 Å². The molecule has 1 heterocycles. The molecule has 3 heteroatoms. The smallest absolute Gasteiger partial charge is 0.317 e. The van der Waals surface area contributed by atoms with Gasteiger partial charge in [0, 0.05) is 12.3 Å². The topological polar surface area (TPSA) is 38.7 Å². The minimum Gasteiger partial charge on any atom is -0.465 e. The van der Waals surface area contributed by atoms with Crippen molar-refractivity contribution in [3.8, 4) is 0 Å². The van der Waals surface area contributed by atoms with Gasteiger partial charge >= 0.3 is 5.97 Å². The quantitative estimate of drug-likeness (QED) is 0.197. The van der Waals surface area contributed by atoms with Crippen LogP contribution < -0.4 is 0 Å². The van der Waals surface area contributed by atoms with E-state index in [-0.39, 0.29) is 5.97 Å². The lowest BCUT2D eigenvalue weighted by Gasteiger charge is -2.32. The summed E-state index contributed by atoms with van der Waals surface area (Å²) in [5, 5.41) is 0. The SMILES string of the molecule is CCCCCCCCC(CCCCCCCC)(C(=O)OCC)C1=NCCC1. The van der Waals surface area contributed by atoms with Gasteiger partial charge in [-0.05, 0) is 32.6 Å². The molecule has 0 unspecified atom stereocenters. The molecular weight excluding hydrogens is 334 g/mol. The molecular formula is C24H45NO2. The fraction of sp³-hybridized carbons (Fsp3) is 0.917. The molecule has 1 aliphatic rings. The van der Waals surface area contributed by atoms with Gasteiger partial charge in [-0.2, -0.15) is 0 Å². The van der Waals surface area contributed by atoms with E-state index in [1.165, 1.54) is 64.2 Å². The molecule has 0 N–H and O–H groups in total. The summed E-state index contributed by atoms with van der Waals surface area (Å²) in [6.07, 6.45) is 19.1. The number of ether oxygens (including phenoxy) is 1. The van der Waals surface area contributed by atoms with Crippen molar-refractivity contribution in [1.29, 1.82) is 0 Å². The predicted octanol–water partition coefficient (Wildman–Crippen LogP) is 7.27. The highest BCUT2D eigenvalue weighted by Gasteiger charge is 2.44. The Morgan fingerprint density at radius 2 is 1.37 bits per heavy atom. The molecule has 0 aromatic rings. The van der Waals surface area contributed by atoms with Crippen molar-refractivity contribution in [2.45, 2.75) is 124 Å². The first-order valence-electron chi connectivity index (χ1n) is 11.9. The van der Waals surface area contributed by atoms with Gasteiger partial charge in [0.1, 0.15) is 5.41 Å². The van der Waals surface area contributed by atoms with Gasteiger partial charge in [0.05, 0.1) is 6.61 Å². The van der Waals surface area contributed by atoms with Gasteiger partial charge in [-0.3, -0.25) is 9.79 Å². The second-order valence-corrected chi connectivity index (χ2v) is 8.27. The number of unbranched alkanes of at least 4 members (excludes halogenated alkanes) is 10. The van der Waals surface area contributed by atoms with E-state index in [1.807, 2.05) is 6.92 Å². The fourth-order valence-corrected chi connectivity index (χ4v) is 4.35. The third-order valence-electron chi connectivity index (χ3n) is 6.01. The van der Waals surface area contributed by atoms with Crippen LogP contribution in [-0.4, -0.2) is 24.8 Å². The number of nitrogens with zero attached hydrogens (tertiary/aromatic N) is 1. The van der Waals surface area contributed by atoms with Gasteiger partial charge in [-0.15, -0.1) is 0 Å². The zero-order valence-electron chi connectivity index (χ0n) is 18.5. The van der Waals surface area contributed by atoms with Crippen molar-refractivity contribution >= 4 is 11.7 Å². The summed E-state index contributed by atoms with van der Waals surface area (Å²) in [4.78, 5) is 17.9. The maximum Gasteiger partial charge on any atom is 0.317 e. The largest absolute Gasteiger partial charge is 0.465 e. The van der Waals surface area contributed by atoms with E-state index < -0.39 is 5.41 Å². The van der Waals surface area contributed by atoms with Crippen molar-refractivity contribution in [1.82, 2.24) is 0 Å². The molecule has 0 saturated carbocycles. The highest BCUT2D eigenvalue weighted by atomic mass is 16.5. The van der Waals surface area contributed by atoms with Crippen molar-refractivity contribution in [2.75, 3.05) is 13.2 Å². The van der Waals surface area contributed by atoms with Crippen LogP contribution in [0.15, 0.2) is 4.99 Å². The fourth-order valence-electron chi connectivity index (χ4n) is 4.35. The summed E-state index contributed by atoms with van der Waals surface area (Å²) in [5.74, 6) is 0.00719. The third-order valence-corrected chi connectivity index (χ3v) is 6.01. The van der Waals surface area contributed by atoms with Crippen molar-refractivity contribution in [2.24, 2.45) is 10.4 Å². The molecule has 27 heavy (non-hydrogen) atoms. The van der Waals surface area contributed by atoms with Crippen LogP contribution in [0.25, 0.3) is 0 Å².